The SMILES string of the molecule is COc1cc(Cl)ccc1C(c1ccc(Cl)cc1OC)C(C)OC(=O)CN. The minimum atomic E-state index is -0.531. The largest absolute Gasteiger partial charge is 0.496 e. The van der Waals surface area contributed by atoms with E-state index in [9.17, 15) is 4.79 Å². The molecule has 1 atom stereocenters. The number of rotatable bonds is 7. The summed E-state index contributed by atoms with van der Waals surface area (Å²) in [5.41, 5.74) is 6.99. The summed E-state index contributed by atoms with van der Waals surface area (Å²) >= 11 is 12.2. The molecule has 0 aromatic heterocycles. The quantitative estimate of drug-likeness (QED) is 0.713. The number of benzene rings is 2. The first kappa shape index (κ1) is 20.4. The summed E-state index contributed by atoms with van der Waals surface area (Å²) in [5.74, 6) is 0.290. The van der Waals surface area contributed by atoms with Gasteiger partial charge in [0.1, 0.15) is 17.6 Å². The second kappa shape index (κ2) is 9.12. The molecule has 0 saturated carbocycles. The number of carbonyl (C=O) groups excluding carboxylic acids is 1. The molecule has 0 radical (unpaired) electrons. The average Bonchev–Trinajstić information content (AvgIpc) is 2.63. The lowest BCUT2D eigenvalue weighted by Crippen LogP contribution is -2.28. The third kappa shape index (κ3) is 4.61. The molecule has 0 amide bonds. The molecule has 0 aliphatic heterocycles. The highest BCUT2D eigenvalue weighted by molar-refractivity contribution is 6.31. The monoisotopic (exact) mass is 397 g/mol. The zero-order valence-electron chi connectivity index (χ0n) is 14.8. The van der Waals surface area contributed by atoms with Crippen LogP contribution in [0.15, 0.2) is 36.4 Å². The fourth-order valence-corrected chi connectivity index (χ4v) is 3.20. The highest BCUT2D eigenvalue weighted by Gasteiger charge is 2.30. The van der Waals surface area contributed by atoms with Gasteiger partial charge in [0.25, 0.3) is 0 Å². The molecule has 140 valence electrons. The number of ether oxygens (including phenoxy) is 3. The van der Waals surface area contributed by atoms with Gasteiger partial charge in [-0.3, -0.25) is 4.79 Å². The van der Waals surface area contributed by atoms with Crippen molar-refractivity contribution >= 4 is 29.2 Å². The van der Waals surface area contributed by atoms with Crippen molar-refractivity contribution in [2.24, 2.45) is 5.73 Å². The molecular formula is C19H21Cl2NO4. The fraction of sp³-hybridized carbons (Fsp3) is 0.316. The number of esters is 1. The standard InChI is InChI=1S/C19H21Cl2NO4/c1-11(26-18(23)10-22)19(14-6-4-12(20)8-16(14)24-2)15-7-5-13(21)9-17(15)25-3/h4-9,11,19H,10,22H2,1-3H3. The van der Waals surface area contributed by atoms with Gasteiger partial charge in [-0.05, 0) is 31.2 Å². The normalized spacial score (nSPS) is 12.0. The lowest BCUT2D eigenvalue weighted by Gasteiger charge is -2.27. The van der Waals surface area contributed by atoms with E-state index in [1.165, 1.54) is 0 Å². The Bertz CT molecular complexity index is 729. The van der Waals surface area contributed by atoms with Crippen LogP contribution >= 0.6 is 23.2 Å². The van der Waals surface area contributed by atoms with Gasteiger partial charge < -0.3 is 19.9 Å². The molecule has 2 aromatic rings. The summed E-state index contributed by atoms with van der Waals surface area (Å²) in [4.78, 5) is 11.8. The Hall–Kier alpha value is -1.95. The summed E-state index contributed by atoms with van der Waals surface area (Å²) in [5, 5.41) is 1.08. The molecule has 0 saturated heterocycles. The maximum atomic E-state index is 11.8. The Balaban J connectivity index is 2.62. The number of nitrogens with two attached hydrogens (primary N) is 1. The van der Waals surface area contributed by atoms with Gasteiger partial charge in [-0.25, -0.2) is 0 Å². The van der Waals surface area contributed by atoms with Crippen molar-refractivity contribution < 1.29 is 19.0 Å². The molecule has 0 bridgehead atoms. The minimum Gasteiger partial charge on any atom is -0.496 e. The van der Waals surface area contributed by atoms with Crippen LogP contribution in [0.2, 0.25) is 10.0 Å². The lowest BCUT2D eigenvalue weighted by atomic mass is 9.86. The molecule has 0 heterocycles. The van der Waals surface area contributed by atoms with Gasteiger partial charge in [-0.2, -0.15) is 0 Å². The van der Waals surface area contributed by atoms with E-state index in [-0.39, 0.29) is 12.5 Å². The van der Waals surface area contributed by atoms with Gasteiger partial charge in [0.2, 0.25) is 0 Å². The number of hydrogen-bond donors (Lipinski definition) is 1. The average molecular weight is 398 g/mol. The number of halogens is 2. The van der Waals surface area contributed by atoms with E-state index in [0.717, 1.165) is 11.1 Å². The van der Waals surface area contributed by atoms with Crippen molar-refractivity contribution in [1.82, 2.24) is 0 Å². The molecule has 0 aliphatic carbocycles. The molecular weight excluding hydrogens is 377 g/mol. The molecule has 2 rings (SSSR count). The minimum absolute atomic E-state index is 0.202. The first-order valence-corrected chi connectivity index (χ1v) is 8.73. The van der Waals surface area contributed by atoms with Crippen molar-refractivity contribution in [2.75, 3.05) is 20.8 Å². The Labute approximate surface area is 162 Å². The Morgan fingerprint density at radius 2 is 1.46 bits per heavy atom. The summed E-state index contributed by atoms with van der Waals surface area (Å²) in [6.07, 6.45) is -0.531. The second-order valence-corrected chi connectivity index (χ2v) is 6.52. The van der Waals surface area contributed by atoms with E-state index in [0.29, 0.717) is 21.5 Å². The number of methoxy groups -OCH3 is 2. The van der Waals surface area contributed by atoms with Crippen LogP contribution in [0.3, 0.4) is 0 Å². The zero-order valence-corrected chi connectivity index (χ0v) is 16.3. The zero-order chi connectivity index (χ0) is 19.3. The van der Waals surface area contributed by atoms with Crippen LogP contribution in [0, 0.1) is 0 Å². The predicted molar refractivity (Wildman–Crippen MR) is 102 cm³/mol. The van der Waals surface area contributed by atoms with E-state index >= 15 is 0 Å². The maximum absolute atomic E-state index is 11.8. The molecule has 2 aromatic carbocycles. The Morgan fingerprint density at radius 3 is 1.85 bits per heavy atom. The highest BCUT2D eigenvalue weighted by Crippen LogP contribution is 2.41. The fourth-order valence-electron chi connectivity index (χ4n) is 2.88. The Morgan fingerprint density at radius 1 is 1.00 bits per heavy atom. The van der Waals surface area contributed by atoms with Crippen molar-refractivity contribution in [1.29, 1.82) is 0 Å². The highest BCUT2D eigenvalue weighted by atomic mass is 35.5. The van der Waals surface area contributed by atoms with Crippen LogP contribution < -0.4 is 15.2 Å². The lowest BCUT2D eigenvalue weighted by molar-refractivity contribution is -0.147. The van der Waals surface area contributed by atoms with E-state index < -0.39 is 12.1 Å². The first-order valence-electron chi connectivity index (χ1n) is 7.97. The van der Waals surface area contributed by atoms with Crippen molar-refractivity contribution in [3.63, 3.8) is 0 Å². The smallest absolute Gasteiger partial charge is 0.319 e. The van der Waals surface area contributed by atoms with Gasteiger partial charge in [-0.1, -0.05) is 35.3 Å². The van der Waals surface area contributed by atoms with E-state index in [4.69, 9.17) is 43.1 Å². The third-order valence-electron chi connectivity index (χ3n) is 4.01. The summed E-state index contributed by atoms with van der Waals surface area (Å²) in [6.45, 7) is 1.59. The summed E-state index contributed by atoms with van der Waals surface area (Å²) in [6, 6.07) is 10.6. The predicted octanol–water partition coefficient (Wildman–Crippen LogP) is 4.03. The van der Waals surface area contributed by atoms with Crippen LogP contribution in [0.4, 0.5) is 0 Å². The van der Waals surface area contributed by atoms with Gasteiger partial charge in [0, 0.05) is 21.2 Å². The number of carbonyl (C=O) groups is 1. The van der Waals surface area contributed by atoms with Crippen LogP contribution in [-0.2, 0) is 9.53 Å². The van der Waals surface area contributed by atoms with E-state index in [2.05, 4.69) is 0 Å². The molecule has 0 fully saturated rings. The summed E-state index contributed by atoms with van der Waals surface area (Å²) < 4.78 is 16.5. The van der Waals surface area contributed by atoms with Crippen LogP contribution in [-0.4, -0.2) is 32.8 Å². The van der Waals surface area contributed by atoms with Gasteiger partial charge in [-0.15, -0.1) is 0 Å². The van der Waals surface area contributed by atoms with E-state index in [1.807, 2.05) is 12.1 Å². The van der Waals surface area contributed by atoms with Crippen LogP contribution in [0.5, 0.6) is 11.5 Å². The third-order valence-corrected chi connectivity index (χ3v) is 4.48. The Kier molecular flexibility index (Phi) is 7.14. The summed E-state index contributed by atoms with van der Waals surface area (Å²) in [7, 11) is 3.11. The van der Waals surface area contributed by atoms with Crippen molar-refractivity contribution in [3.8, 4) is 11.5 Å². The van der Waals surface area contributed by atoms with Gasteiger partial charge >= 0.3 is 5.97 Å². The maximum Gasteiger partial charge on any atom is 0.319 e. The molecule has 5 nitrogen and oxygen atoms in total. The molecule has 1 unspecified atom stereocenters. The molecule has 0 aliphatic rings. The van der Waals surface area contributed by atoms with E-state index in [1.54, 1.807) is 45.4 Å². The molecule has 2 N–H and O–H groups in total. The van der Waals surface area contributed by atoms with Crippen LogP contribution in [0.25, 0.3) is 0 Å². The topological polar surface area (TPSA) is 70.8 Å². The molecule has 26 heavy (non-hydrogen) atoms. The number of hydrogen-bond acceptors (Lipinski definition) is 5. The first-order chi connectivity index (χ1) is 12.4. The molecule has 7 heteroatoms. The van der Waals surface area contributed by atoms with Crippen LogP contribution in [0.1, 0.15) is 24.0 Å². The van der Waals surface area contributed by atoms with Crippen molar-refractivity contribution in [3.05, 3.63) is 57.6 Å². The molecule has 0 spiro atoms. The second-order valence-electron chi connectivity index (χ2n) is 5.65. The van der Waals surface area contributed by atoms with Gasteiger partial charge in [0.15, 0.2) is 0 Å². The van der Waals surface area contributed by atoms with Crippen molar-refractivity contribution in [2.45, 2.75) is 18.9 Å². The van der Waals surface area contributed by atoms with Gasteiger partial charge in [0.05, 0.1) is 26.7 Å².